The summed E-state index contributed by atoms with van der Waals surface area (Å²) in [7, 11) is 1.31. The molecule has 0 aromatic heterocycles. The summed E-state index contributed by atoms with van der Waals surface area (Å²) in [5, 5.41) is 0. The van der Waals surface area contributed by atoms with E-state index >= 15 is 0 Å². The van der Waals surface area contributed by atoms with Crippen molar-refractivity contribution in [1.29, 1.82) is 0 Å². The van der Waals surface area contributed by atoms with Crippen molar-refractivity contribution in [3.8, 4) is 23.0 Å². The summed E-state index contributed by atoms with van der Waals surface area (Å²) in [5.41, 5.74) is 0. The average Bonchev–Trinajstić information content (AvgIpc) is 2.63. The Balaban J connectivity index is 1.87. The highest BCUT2D eigenvalue weighted by molar-refractivity contribution is 6.21. The van der Waals surface area contributed by atoms with Gasteiger partial charge in [-0.3, -0.25) is 0 Å². The number of benzene rings is 2. The number of para-hydroxylation sites is 4. The molecule has 5 heteroatoms. The molecule has 0 amide bonds. The van der Waals surface area contributed by atoms with Crippen molar-refractivity contribution < 1.29 is 18.8 Å². The van der Waals surface area contributed by atoms with E-state index in [1.54, 1.807) is 0 Å². The first-order chi connectivity index (χ1) is 13.1. The molecular weight excluding hydrogens is 339 g/mol. The van der Waals surface area contributed by atoms with Crippen molar-refractivity contribution in [2.45, 2.75) is 40.5 Å². The lowest BCUT2D eigenvalue weighted by atomic mass is 10.1. The number of hydrogen-bond acceptors (Lipinski definition) is 4. The predicted molar refractivity (Wildman–Crippen MR) is 110 cm³/mol. The van der Waals surface area contributed by atoms with Gasteiger partial charge in [0.25, 0.3) is 0 Å². The average molecular weight is 369 g/mol. The molecule has 145 valence electrons. The quantitative estimate of drug-likeness (QED) is 0.461. The molecule has 2 aromatic carbocycles. The molecule has 4 nitrogen and oxygen atoms in total. The minimum Gasteiger partial charge on any atom is -0.524 e. The van der Waals surface area contributed by atoms with Crippen molar-refractivity contribution in [2.75, 3.05) is 13.2 Å². The van der Waals surface area contributed by atoms with Gasteiger partial charge in [0.15, 0.2) is 11.5 Å². The van der Waals surface area contributed by atoms with Gasteiger partial charge in [-0.2, -0.15) is 0 Å². The van der Waals surface area contributed by atoms with Crippen LogP contribution in [0, 0.1) is 11.8 Å². The van der Waals surface area contributed by atoms with Gasteiger partial charge in [-0.15, -0.1) is 0 Å². The predicted octanol–water partition coefficient (Wildman–Crippen LogP) is 5.53. The zero-order valence-electron chi connectivity index (χ0n) is 16.8. The summed E-state index contributed by atoms with van der Waals surface area (Å²) in [6, 6.07) is 15.2. The van der Waals surface area contributed by atoms with Gasteiger partial charge < -0.3 is 18.8 Å². The largest absolute Gasteiger partial charge is 0.658 e. The second-order valence-corrected chi connectivity index (χ2v) is 7.29. The molecule has 0 spiro atoms. The van der Waals surface area contributed by atoms with E-state index in [-0.39, 0.29) is 0 Å². The van der Waals surface area contributed by atoms with Crippen LogP contribution in [0.3, 0.4) is 0 Å². The van der Waals surface area contributed by atoms with E-state index in [2.05, 4.69) is 27.7 Å². The molecule has 0 aliphatic rings. The van der Waals surface area contributed by atoms with Gasteiger partial charge in [0.2, 0.25) is 0 Å². The molecule has 0 saturated carbocycles. The van der Waals surface area contributed by atoms with Gasteiger partial charge in [-0.05, 0) is 48.9 Å². The topological polar surface area (TPSA) is 36.9 Å². The Morgan fingerprint density at radius 3 is 1.37 bits per heavy atom. The van der Waals surface area contributed by atoms with E-state index in [0.29, 0.717) is 48.0 Å². The molecule has 27 heavy (non-hydrogen) atoms. The first-order valence-corrected chi connectivity index (χ1v) is 9.65. The molecule has 0 bridgehead atoms. The number of hydrogen-bond donors (Lipinski definition) is 0. The van der Waals surface area contributed by atoms with Crippen LogP contribution in [0.2, 0.25) is 0 Å². The molecule has 0 atom stereocenters. The molecule has 2 rings (SSSR count). The van der Waals surface area contributed by atoms with Gasteiger partial charge in [0.1, 0.15) is 11.5 Å². The van der Waals surface area contributed by atoms with E-state index in [1.165, 1.54) is 7.69 Å². The lowest BCUT2D eigenvalue weighted by Crippen LogP contribution is -2.13. The Hall–Kier alpha value is -2.30. The zero-order valence-corrected chi connectivity index (χ0v) is 16.8. The van der Waals surface area contributed by atoms with E-state index in [4.69, 9.17) is 18.8 Å². The van der Waals surface area contributed by atoms with Gasteiger partial charge in [0.05, 0.1) is 13.2 Å². The standard InChI is InChI=1S/C22H30BO4/c1-17(2)13-15-24-19-9-5-7-11-21(19)26-23-27-22-12-8-6-10-20(22)25-16-14-18(3)4/h5-12,17-18H,13-16H2,1-4H3. The summed E-state index contributed by atoms with van der Waals surface area (Å²) < 4.78 is 23.0. The first kappa shape index (κ1) is 21.0. The third kappa shape index (κ3) is 7.86. The number of rotatable bonds is 12. The Morgan fingerprint density at radius 1 is 0.630 bits per heavy atom. The third-order valence-corrected chi connectivity index (χ3v) is 3.95. The lowest BCUT2D eigenvalue weighted by Gasteiger charge is -2.15. The molecule has 2 aromatic rings. The van der Waals surface area contributed by atoms with Crippen molar-refractivity contribution >= 4 is 7.69 Å². The number of ether oxygens (including phenoxy) is 2. The van der Waals surface area contributed by atoms with Gasteiger partial charge >= 0.3 is 7.69 Å². The SMILES string of the molecule is CC(C)CCOc1ccccc1O[B]Oc1ccccc1OCCC(C)C. The van der Waals surface area contributed by atoms with Gasteiger partial charge in [-0.1, -0.05) is 52.0 Å². The van der Waals surface area contributed by atoms with Crippen LogP contribution in [-0.4, -0.2) is 20.9 Å². The van der Waals surface area contributed by atoms with Gasteiger partial charge in [0, 0.05) is 0 Å². The maximum Gasteiger partial charge on any atom is 0.658 e. The molecule has 0 N–H and O–H groups in total. The van der Waals surface area contributed by atoms with Crippen LogP contribution >= 0.6 is 0 Å². The molecule has 0 heterocycles. The Bertz CT molecular complexity index is 615. The van der Waals surface area contributed by atoms with Crippen LogP contribution in [0.15, 0.2) is 48.5 Å². The maximum atomic E-state index is 5.82. The normalized spacial score (nSPS) is 10.7. The van der Waals surface area contributed by atoms with Crippen molar-refractivity contribution in [3.05, 3.63) is 48.5 Å². The Morgan fingerprint density at radius 2 is 1.00 bits per heavy atom. The first-order valence-electron chi connectivity index (χ1n) is 9.65. The van der Waals surface area contributed by atoms with E-state index in [1.807, 2.05) is 48.5 Å². The minimum atomic E-state index is 0.597. The lowest BCUT2D eigenvalue weighted by molar-refractivity contribution is 0.276. The van der Waals surface area contributed by atoms with Crippen LogP contribution in [-0.2, 0) is 0 Å². The summed E-state index contributed by atoms with van der Waals surface area (Å²) in [4.78, 5) is 0. The fraction of sp³-hybridized carbons (Fsp3) is 0.455. The maximum absolute atomic E-state index is 5.82. The molecule has 0 saturated heterocycles. The fourth-order valence-electron chi connectivity index (χ4n) is 2.27. The van der Waals surface area contributed by atoms with Crippen LogP contribution < -0.4 is 18.8 Å². The molecule has 0 aliphatic heterocycles. The fourth-order valence-corrected chi connectivity index (χ4v) is 2.27. The Labute approximate surface area is 164 Å². The highest BCUT2D eigenvalue weighted by atomic mass is 16.6. The summed E-state index contributed by atoms with van der Waals surface area (Å²) in [6.45, 7) is 10.0. The molecular formula is C22H30BO4. The summed E-state index contributed by atoms with van der Waals surface area (Å²) in [6.07, 6.45) is 1.99. The Kier molecular flexibility index (Phi) is 8.89. The summed E-state index contributed by atoms with van der Waals surface area (Å²) in [5.74, 6) is 3.86. The monoisotopic (exact) mass is 369 g/mol. The molecule has 0 aliphatic carbocycles. The molecule has 1 radical (unpaired) electrons. The van der Waals surface area contributed by atoms with E-state index in [9.17, 15) is 0 Å². The van der Waals surface area contributed by atoms with E-state index < -0.39 is 0 Å². The highest BCUT2D eigenvalue weighted by Gasteiger charge is 2.11. The second-order valence-electron chi connectivity index (χ2n) is 7.29. The smallest absolute Gasteiger partial charge is 0.524 e. The van der Waals surface area contributed by atoms with Crippen molar-refractivity contribution in [3.63, 3.8) is 0 Å². The van der Waals surface area contributed by atoms with Crippen LogP contribution in [0.5, 0.6) is 23.0 Å². The second kappa shape index (κ2) is 11.4. The minimum absolute atomic E-state index is 0.597. The third-order valence-electron chi connectivity index (χ3n) is 3.95. The van der Waals surface area contributed by atoms with E-state index in [0.717, 1.165) is 12.8 Å². The zero-order chi connectivity index (χ0) is 19.5. The highest BCUT2D eigenvalue weighted by Crippen LogP contribution is 2.29. The van der Waals surface area contributed by atoms with Gasteiger partial charge in [-0.25, -0.2) is 0 Å². The van der Waals surface area contributed by atoms with Crippen LogP contribution in [0.4, 0.5) is 0 Å². The van der Waals surface area contributed by atoms with Crippen molar-refractivity contribution in [1.82, 2.24) is 0 Å². The van der Waals surface area contributed by atoms with Crippen LogP contribution in [0.25, 0.3) is 0 Å². The molecule has 0 fully saturated rings. The summed E-state index contributed by atoms with van der Waals surface area (Å²) >= 11 is 0. The van der Waals surface area contributed by atoms with Crippen LogP contribution in [0.1, 0.15) is 40.5 Å². The van der Waals surface area contributed by atoms with Crippen molar-refractivity contribution in [2.24, 2.45) is 11.8 Å². The molecule has 0 unspecified atom stereocenters.